The lowest BCUT2D eigenvalue weighted by atomic mass is 10.0. The second kappa shape index (κ2) is 6.24. The fraction of sp³-hybridized carbons (Fsp3) is 0.615. The van der Waals surface area contributed by atoms with Crippen LogP contribution < -0.4 is 5.56 Å². The first-order valence-electron chi connectivity index (χ1n) is 6.15. The third-order valence-electron chi connectivity index (χ3n) is 2.98. The summed E-state index contributed by atoms with van der Waals surface area (Å²) in [5.74, 6) is -2.51. The van der Waals surface area contributed by atoms with Crippen molar-refractivity contribution in [1.82, 2.24) is 4.57 Å². The van der Waals surface area contributed by atoms with E-state index in [9.17, 15) is 22.2 Å². The minimum Gasteiger partial charge on any atom is -0.317 e. The smallest absolute Gasteiger partial charge is 0.317 e. The van der Waals surface area contributed by atoms with Crippen LogP contribution in [0.3, 0.4) is 0 Å². The molecule has 1 rings (SSSR count). The van der Waals surface area contributed by atoms with Crippen molar-refractivity contribution in [3.8, 4) is 0 Å². The van der Waals surface area contributed by atoms with Gasteiger partial charge in [0.25, 0.3) is 5.56 Å². The van der Waals surface area contributed by atoms with Crippen molar-refractivity contribution in [3.63, 3.8) is 0 Å². The fourth-order valence-corrected chi connectivity index (χ4v) is 3.51. The number of halogens is 4. The number of hydrogen-bond donors (Lipinski definition) is 0. The molecule has 0 unspecified atom stereocenters. The zero-order valence-electron chi connectivity index (χ0n) is 12.1. The Morgan fingerprint density at radius 2 is 1.86 bits per heavy atom. The van der Waals surface area contributed by atoms with E-state index in [2.05, 4.69) is 15.9 Å². The van der Waals surface area contributed by atoms with Crippen molar-refractivity contribution in [2.75, 3.05) is 5.75 Å². The molecule has 0 saturated heterocycles. The normalized spacial score (nSPS) is 15.8. The maximum Gasteiger partial charge on any atom is 0.396 e. The highest BCUT2D eigenvalue weighted by atomic mass is 79.9. The fourth-order valence-electron chi connectivity index (χ4n) is 1.64. The van der Waals surface area contributed by atoms with Gasteiger partial charge in [0, 0.05) is 45.1 Å². The van der Waals surface area contributed by atoms with Crippen LogP contribution in [0, 0.1) is 0 Å². The number of aryl methyl sites for hydroxylation is 1. The Morgan fingerprint density at radius 3 is 2.29 bits per heavy atom. The molecule has 0 fully saturated rings. The molecule has 0 bridgehead atoms. The van der Waals surface area contributed by atoms with Crippen molar-refractivity contribution in [2.24, 2.45) is 7.05 Å². The summed E-state index contributed by atoms with van der Waals surface area (Å²) in [6.45, 7) is 4.86. The van der Waals surface area contributed by atoms with Crippen LogP contribution in [-0.4, -0.2) is 25.5 Å². The minimum atomic E-state index is -4.57. The van der Waals surface area contributed by atoms with Gasteiger partial charge in [-0.2, -0.15) is 13.2 Å². The maximum atomic E-state index is 13.3. The number of pyridine rings is 1. The standard InChI is InChI=1S/C13H17BrF3NO2S/c1-12(2,3)21(20)7-9(13(15,16)17)8-5-11(19)18(4)6-10(8)14/h5-6,9H,7H2,1-4H3/t9-,21-/m1/s1. The number of alkyl halides is 3. The lowest BCUT2D eigenvalue weighted by Crippen LogP contribution is -2.33. The van der Waals surface area contributed by atoms with Crippen LogP contribution in [0.4, 0.5) is 13.2 Å². The SMILES string of the molecule is Cn1cc(Br)c([C@@H](C[S@@](=O)C(C)(C)C)C(F)(F)F)cc1=O. The summed E-state index contributed by atoms with van der Waals surface area (Å²) in [5.41, 5.74) is -0.716. The maximum absolute atomic E-state index is 13.3. The van der Waals surface area contributed by atoms with Crippen molar-refractivity contribution in [2.45, 2.75) is 37.6 Å². The largest absolute Gasteiger partial charge is 0.396 e. The Hall–Kier alpha value is -0.630. The van der Waals surface area contributed by atoms with Gasteiger partial charge in [-0.3, -0.25) is 9.00 Å². The first-order chi connectivity index (χ1) is 9.34. The monoisotopic (exact) mass is 387 g/mol. The zero-order valence-corrected chi connectivity index (χ0v) is 14.5. The van der Waals surface area contributed by atoms with Crippen molar-refractivity contribution >= 4 is 26.7 Å². The van der Waals surface area contributed by atoms with E-state index in [1.807, 2.05) is 0 Å². The van der Waals surface area contributed by atoms with E-state index < -0.39 is 39.0 Å². The van der Waals surface area contributed by atoms with E-state index >= 15 is 0 Å². The molecule has 0 radical (unpaired) electrons. The molecule has 120 valence electrons. The predicted molar refractivity (Wildman–Crippen MR) is 80.9 cm³/mol. The first-order valence-corrected chi connectivity index (χ1v) is 8.26. The van der Waals surface area contributed by atoms with E-state index in [-0.39, 0.29) is 10.0 Å². The van der Waals surface area contributed by atoms with Gasteiger partial charge in [-0.1, -0.05) is 0 Å². The van der Waals surface area contributed by atoms with Gasteiger partial charge in [-0.15, -0.1) is 0 Å². The van der Waals surface area contributed by atoms with Crippen molar-refractivity contribution in [1.29, 1.82) is 0 Å². The van der Waals surface area contributed by atoms with Crippen molar-refractivity contribution in [3.05, 3.63) is 32.7 Å². The quantitative estimate of drug-likeness (QED) is 0.797. The molecule has 0 aliphatic heterocycles. The van der Waals surface area contributed by atoms with Crippen LogP contribution in [0.5, 0.6) is 0 Å². The summed E-state index contributed by atoms with van der Waals surface area (Å²) in [6, 6.07) is 0.947. The molecule has 0 amide bonds. The van der Waals surface area contributed by atoms with Crippen LogP contribution >= 0.6 is 15.9 Å². The molecule has 1 aromatic rings. The van der Waals surface area contributed by atoms with E-state index in [1.54, 1.807) is 20.8 Å². The molecule has 21 heavy (non-hydrogen) atoms. The lowest BCUT2D eigenvalue weighted by molar-refractivity contribution is -0.145. The van der Waals surface area contributed by atoms with Crippen LogP contribution in [0.25, 0.3) is 0 Å². The van der Waals surface area contributed by atoms with Gasteiger partial charge < -0.3 is 4.57 Å². The van der Waals surface area contributed by atoms with E-state index in [1.165, 1.54) is 17.8 Å². The molecule has 0 N–H and O–H groups in total. The average molecular weight is 388 g/mol. The van der Waals surface area contributed by atoms with Gasteiger partial charge in [0.05, 0.1) is 5.92 Å². The zero-order chi connectivity index (χ0) is 16.6. The molecule has 1 aromatic heterocycles. The Bertz CT molecular complexity index is 605. The molecule has 0 aliphatic carbocycles. The molecule has 2 atom stereocenters. The minimum absolute atomic E-state index is 0.178. The molecule has 0 aliphatic rings. The molecule has 1 heterocycles. The Kier molecular flexibility index (Phi) is 5.47. The van der Waals surface area contributed by atoms with Crippen LogP contribution in [0.15, 0.2) is 21.5 Å². The number of aromatic nitrogens is 1. The molecular formula is C13H17BrF3NO2S. The van der Waals surface area contributed by atoms with E-state index in [0.717, 1.165) is 6.07 Å². The van der Waals surface area contributed by atoms with Crippen LogP contribution in [0.1, 0.15) is 32.3 Å². The molecule has 3 nitrogen and oxygen atoms in total. The predicted octanol–water partition coefficient (Wildman–Crippen LogP) is 3.34. The Morgan fingerprint density at radius 1 is 1.33 bits per heavy atom. The second-order valence-corrected chi connectivity index (χ2v) is 8.85. The highest BCUT2D eigenvalue weighted by molar-refractivity contribution is 9.10. The van der Waals surface area contributed by atoms with Crippen molar-refractivity contribution < 1.29 is 17.4 Å². The van der Waals surface area contributed by atoms with Gasteiger partial charge >= 0.3 is 6.18 Å². The summed E-state index contributed by atoms with van der Waals surface area (Å²) in [4.78, 5) is 11.6. The second-order valence-electron chi connectivity index (χ2n) is 5.74. The molecule has 0 spiro atoms. The number of hydrogen-bond acceptors (Lipinski definition) is 2. The summed E-state index contributed by atoms with van der Waals surface area (Å²) in [6.07, 6.45) is -3.29. The van der Waals surface area contributed by atoms with Crippen LogP contribution in [0.2, 0.25) is 0 Å². The van der Waals surface area contributed by atoms with E-state index in [4.69, 9.17) is 0 Å². The summed E-state index contributed by atoms with van der Waals surface area (Å²) >= 11 is 3.06. The highest BCUT2D eigenvalue weighted by Crippen LogP contribution is 2.39. The average Bonchev–Trinajstić information content (AvgIpc) is 2.28. The molecule has 0 aromatic carbocycles. The number of rotatable bonds is 3. The van der Waals surface area contributed by atoms with Gasteiger partial charge in [0.2, 0.25) is 0 Å². The third-order valence-corrected chi connectivity index (χ3v) is 5.65. The molecule has 8 heteroatoms. The lowest BCUT2D eigenvalue weighted by Gasteiger charge is -2.25. The number of nitrogens with zero attached hydrogens (tertiary/aromatic N) is 1. The topological polar surface area (TPSA) is 39.1 Å². The van der Waals surface area contributed by atoms with Gasteiger partial charge in [0.1, 0.15) is 0 Å². The highest BCUT2D eigenvalue weighted by Gasteiger charge is 2.44. The molecule has 0 saturated carbocycles. The third kappa shape index (κ3) is 4.67. The Labute approximate surface area is 132 Å². The molecular weight excluding hydrogens is 371 g/mol. The summed E-state index contributed by atoms with van der Waals surface area (Å²) in [5, 5.41) is 0. The Balaban J connectivity index is 3.32. The van der Waals surface area contributed by atoms with Gasteiger partial charge in [-0.25, -0.2) is 0 Å². The van der Waals surface area contributed by atoms with Crippen LogP contribution in [-0.2, 0) is 17.8 Å². The summed E-state index contributed by atoms with van der Waals surface area (Å²) < 4.78 is 52.6. The first kappa shape index (κ1) is 18.4. The summed E-state index contributed by atoms with van der Waals surface area (Å²) in [7, 11) is -0.233. The van der Waals surface area contributed by atoms with Gasteiger partial charge in [-0.05, 0) is 42.3 Å². The van der Waals surface area contributed by atoms with Gasteiger partial charge in [0.15, 0.2) is 0 Å². The van der Waals surface area contributed by atoms with E-state index in [0.29, 0.717) is 0 Å².